The average Bonchev–Trinajstić information content (AvgIpc) is 2.38. The van der Waals surface area contributed by atoms with Gasteiger partial charge in [0.25, 0.3) is 0 Å². The van der Waals surface area contributed by atoms with Gasteiger partial charge in [0.05, 0.1) is 7.11 Å². The lowest BCUT2D eigenvalue weighted by Crippen LogP contribution is -2.38. The van der Waals surface area contributed by atoms with Crippen LogP contribution in [0.4, 0.5) is 0 Å². The average molecular weight is 236 g/mol. The second kappa shape index (κ2) is 5.47. The number of hydrogen-bond acceptors (Lipinski definition) is 4. The number of nitrogens with zero attached hydrogens (tertiary/aromatic N) is 2. The van der Waals surface area contributed by atoms with Crippen LogP contribution in [0, 0.1) is 5.92 Å². The molecule has 1 fully saturated rings. The Bertz CT molecular complexity index is 370. The van der Waals surface area contributed by atoms with Crippen molar-refractivity contribution in [3.05, 3.63) is 23.9 Å². The van der Waals surface area contributed by atoms with Crippen LogP contribution in [-0.2, 0) is 0 Å². The number of aliphatic hydroxyl groups excluding tert-OH is 1. The first-order valence-electron chi connectivity index (χ1n) is 6.03. The minimum absolute atomic E-state index is 0.255. The molecule has 2 rings (SSSR count). The van der Waals surface area contributed by atoms with Crippen molar-refractivity contribution in [3.63, 3.8) is 0 Å². The zero-order chi connectivity index (χ0) is 12.3. The Kier molecular flexibility index (Phi) is 3.97. The maximum atomic E-state index is 9.30. The highest BCUT2D eigenvalue weighted by molar-refractivity contribution is 5.19. The van der Waals surface area contributed by atoms with Crippen molar-refractivity contribution in [1.82, 2.24) is 9.88 Å². The molecule has 1 aliphatic rings. The van der Waals surface area contributed by atoms with Crippen molar-refractivity contribution in [3.8, 4) is 5.88 Å². The molecular formula is C13H20N2O2. The van der Waals surface area contributed by atoms with Crippen LogP contribution in [0.2, 0.25) is 0 Å². The Morgan fingerprint density at radius 2 is 2.29 bits per heavy atom. The van der Waals surface area contributed by atoms with Crippen LogP contribution >= 0.6 is 0 Å². The quantitative estimate of drug-likeness (QED) is 0.854. The SMILES string of the molecule is COc1cccc([C@@H]2C[C@H](CO)CN(C)C2)n1. The summed E-state index contributed by atoms with van der Waals surface area (Å²) >= 11 is 0. The molecule has 1 aliphatic heterocycles. The number of hydrogen-bond donors (Lipinski definition) is 1. The lowest BCUT2D eigenvalue weighted by molar-refractivity contribution is 0.123. The third-order valence-corrected chi connectivity index (χ3v) is 3.35. The van der Waals surface area contributed by atoms with Gasteiger partial charge in [0.15, 0.2) is 0 Å². The molecule has 1 N–H and O–H groups in total. The molecule has 4 nitrogen and oxygen atoms in total. The van der Waals surface area contributed by atoms with E-state index >= 15 is 0 Å². The van der Waals surface area contributed by atoms with Gasteiger partial charge in [0.1, 0.15) is 0 Å². The van der Waals surface area contributed by atoms with E-state index in [1.165, 1.54) is 0 Å². The molecule has 1 aromatic rings. The van der Waals surface area contributed by atoms with Crippen LogP contribution in [0.5, 0.6) is 5.88 Å². The molecule has 2 heterocycles. The predicted octanol–water partition coefficient (Wildman–Crippen LogP) is 1.12. The van der Waals surface area contributed by atoms with Gasteiger partial charge in [-0.05, 0) is 25.5 Å². The highest BCUT2D eigenvalue weighted by Gasteiger charge is 2.26. The molecular weight excluding hydrogens is 216 g/mol. The Morgan fingerprint density at radius 1 is 1.47 bits per heavy atom. The molecule has 0 aromatic carbocycles. The van der Waals surface area contributed by atoms with Gasteiger partial charge in [0, 0.05) is 37.4 Å². The first-order valence-corrected chi connectivity index (χ1v) is 6.03. The molecule has 17 heavy (non-hydrogen) atoms. The van der Waals surface area contributed by atoms with Crippen molar-refractivity contribution in [1.29, 1.82) is 0 Å². The minimum Gasteiger partial charge on any atom is -0.481 e. The number of ether oxygens (including phenoxy) is 1. The van der Waals surface area contributed by atoms with E-state index in [4.69, 9.17) is 4.74 Å². The van der Waals surface area contributed by atoms with Crippen LogP contribution in [0.15, 0.2) is 18.2 Å². The zero-order valence-electron chi connectivity index (χ0n) is 10.5. The third-order valence-electron chi connectivity index (χ3n) is 3.35. The normalized spacial score (nSPS) is 25.8. The Hall–Kier alpha value is -1.13. The monoisotopic (exact) mass is 236 g/mol. The van der Waals surface area contributed by atoms with Gasteiger partial charge in [-0.15, -0.1) is 0 Å². The van der Waals surface area contributed by atoms with E-state index in [2.05, 4.69) is 16.9 Å². The Morgan fingerprint density at radius 3 is 3.00 bits per heavy atom. The number of aromatic nitrogens is 1. The molecule has 0 radical (unpaired) electrons. The number of likely N-dealkylation sites (tertiary alicyclic amines) is 1. The highest BCUT2D eigenvalue weighted by atomic mass is 16.5. The van der Waals surface area contributed by atoms with Crippen molar-refractivity contribution in [2.45, 2.75) is 12.3 Å². The van der Waals surface area contributed by atoms with Crippen molar-refractivity contribution < 1.29 is 9.84 Å². The van der Waals surface area contributed by atoms with Crippen LogP contribution in [0.3, 0.4) is 0 Å². The highest BCUT2D eigenvalue weighted by Crippen LogP contribution is 2.29. The molecule has 0 bridgehead atoms. The molecule has 1 saturated heterocycles. The summed E-state index contributed by atoms with van der Waals surface area (Å²) in [6.07, 6.45) is 1.00. The number of likely N-dealkylation sites (N-methyl/N-ethyl adjacent to an activating group) is 1. The summed E-state index contributed by atoms with van der Waals surface area (Å²) in [5, 5.41) is 9.30. The molecule has 0 amide bonds. The Labute approximate surface area is 102 Å². The molecule has 2 atom stereocenters. The second-order valence-corrected chi connectivity index (χ2v) is 4.81. The third kappa shape index (κ3) is 2.96. The van der Waals surface area contributed by atoms with E-state index in [9.17, 15) is 5.11 Å². The molecule has 4 heteroatoms. The van der Waals surface area contributed by atoms with Crippen LogP contribution in [0.25, 0.3) is 0 Å². The first kappa shape index (κ1) is 12.3. The summed E-state index contributed by atoms with van der Waals surface area (Å²) in [6, 6.07) is 5.88. The maximum Gasteiger partial charge on any atom is 0.213 e. The van der Waals surface area contributed by atoms with Crippen LogP contribution < -0.4 is 4.74 Å². The fourth-order valence-corrected chi connectivity index (χ4v) is 2.56. The molecule has 0 unspecified atom stereocenters. The van der Waals surface area contributed by atoms with Gasteiger partial charge in [0.2, 0.25) is 5.88 Å². The predicted molar refractivity (Wildman–Crippen MR) is 66.2 cm³/mol. The fourth-order valence-electron chi connectivity index (χ4n) is 2.56. The molecule has 1 aromatic heterocycles. The molecule has 0 aliphatic carbocycles. The number of rotatable bonds is 3. The van der Waals surface area contributed by atoms with E-state index in [0.29, 0.717) is 17.7 Å². The number of methoxy groups -OCH3 is 1. The van der Waals surface area contributed by atoms with Gasteiger partial charge < -0.3 is 14.7 Å². The van der Waals surface area contributed by atoms with Crippen molar-refractivity contribution in [2.24, 2.45) is 5.92 Å². The van der Waals surface area contributed by atoms with E-state index in [1.54, 1.807) is 7.11 Å². The van der Waals surface area contributed by atoms with E-state index in [0.717, 1.165) is 25.2 Å². The van der Waals surface area contributed by atoms with Crippen LogP contribution in [-0.4, -0.2) is 48.8 Å². The van der Waals surface area contributed by atoms with Gasteiger partial charge in [-0.1, -0.05) is 6.07 Å². The van der Waals surface area contributed by atoms with Gasteiger partial charge in [-0.25, -0.2) is 4.98 Å². The lowest BCUT2D eigenvalue weighted by atomic mass is 9.87. The van der Waals surface area contributed by atoms with Crippen LogP contribution in [0.1, 0.15) is 18.0 Å². The van der Waals surface area contributed by atoms with Crippen molar-refractivity contribution >= 4 is 0 Å². The second-order valence-electron chi connectivity index (χ2n) is 4.81. The van der Waals surface area contributed by atoms with E-state index < -0.39 is 0 Å². The summed E-state index contributed by atoms with van der Waals surface area (Å²) in [7, 11) is 3.73. The summed E-state index contributed by atoms with van der Waals surface area (Å²) in [5.74, 6) is 1.41. The van der Waals surface area contributed by atoms with E-state index in [-0.39, 0.29) is 6.61 Å². The number of pyridine rings is 1. The fraction of sp³-hybridized carbons (Fsp3) is 0.615. The van der Waals surface area contributed by atoms with Gasteiger partial charge in [-0.3, -0.25) is 0 Å². The number of aliphatic hydroxyl groups is 1. The maximum absolute atomic E-state index is 9.30. The Balaban J connectivity index is 2.14. The molecule has 0 saturated carbocycles. The topological polar surface area (TPSA) is 45.6 Å². The minimum atomic E-state index is 0.255. The van der Waals surface area contributed by atoms with Crippen molar-refractivity contribution in [2.75, 3.05) is 33.9 Å². The summed E-state index contributed by atoms with van der Waals surface area (Å²) in [4.78, 5) is 6.75. The van der Waals surface area contributed by atoms with Gasteiger partial charge in [-0.2, -0.15) is 0 Å². The molecule has 0 spiro atoms. The molecule has 94 valence electrons. The smallest absolute Gasteiger partial charge is 0.213 e. The summed E-state index contributed by atoms with van der Waals surface area (Å²) in [5.41, 5.74) is 1.06. The van der Waals surface area contributed by atoms with Gasteiger partial charge >= 0.3 is 0 Å². The summed E-state index contributed by atoms with van der Waals surface area (Å²) < 4.78 is 5.15. The largest absolute Gasteiger partial charge is 0.481 e. The van der Waals surface area contributed by atoms with E-state index in [1.807, 2.05) is 18.2 Å². The number of piperidine rings is 1. The zero-order valence-corrected chi connectivity index (χ0v) is 10.5. The standard InChI is InChI=1S/C13H20N2O2/c1-15-7-10(9-16)6-11(8-15)12-4-3-5-13(14-12)17-2/h3-5,10-11,16H,6-9H2,1-2H3/t10-,11+/m0/s1. The lowest BCUT2D eigenvalue weighted by Gasteiger charge is -2.34. The summed E-state index contributed by atoms with van der Waals surface area (Å²) in [6.45, 7) is 2.22. The first-order chi connectivity index (χ1) is 8.22.